The van der Waals surface area contributed by atoms with Crippen LogP contribution >= 0.6 is 0 Å². The second-order valence-corrected chi connectivity index (χ2v) is 8.35. The first-order valence-corrected chi connectivity index (χ1v) is 11.3. The lowest BCUT2D eigenvalue weighted by atomic mass is 10.1. The van der Waals surface area contributed by atoms with Crippen LogP contribution in [0.3, 0.4) is 0 Å². The van der Waals surface area contributed by atoms with Crippen LogP contribution in [-0.2, 0) is 10.0 Å². The molecule has 0 spiro atoms. The Bertz CT molecular complexity index is 612. The van der Waals surface area contributed by atoms with Crippen LogP contribution in [0.2, 0.25) is 0 Å². The Labute approximate surface area is 154 Å². The fourth-order valence-corrected chi connectivity index (χ4v) is 3.33. The zero-order valence-electron chi connectivity index (χ0n) is 15.9. The molecule has 1 atom stereocenters. The van der Waals surface area contributed by atoms with Gasteiger partial charge >= 0.3 is 0 Å². The molecule has 25 heavy (non-hydrogen) atoms. The summed E-state index contributed by atoms with van der Waals surface area (Å²) < 4.78 is 25.1. The average molecular weight is 367 g/mol. The van der Waals surface area contributed by atoms with E-state index in [1.165, 1.54) is 38.5 Å². The smallest absolute Gasteiger partial charge is 0.229 e. The van der Waals surface area contributed by atoms with E-state index in [0.29, 0.717) is 11.7 Å². The molecule has 1 rings (SSSR count). The molecule has 0 heterocycles. The third-order valence-electron chi connectivity index (χ3n) is 4.14. The second-order valence-electron chi connectivity index (χ2n) is 6.60. The fraction of sp³-hybridized carbons (Fsp3) is 0.600. The molecule has 1 unspecified atom stereocenters. The first-order chi connectivity index (χ1) is 11.9. The Balaban J connectivity index is 2.34. The lowest BCUT2D eigenvalue weighted by Gasteiger charge is -2.16. The molecule has 1 aromatic rings. The van der Waals surface area contributed by atoms with Crippen molar-refractivity contribution in [2.75, 3.05) is 17.5 Å². The number of anilines is 1. The number of nitrogens with one attached hydrogen (secondary N) is 2. The number of rotatable bonds is 13. The Morgan fingerprint density at radius 2 is 1.96 bits per heavy atom. The summed E-state index contributed by atoms with van der Waals surface area (Å²) in [5, 5.41) is 3.63. The third kappa shape index (κ3) is 11.0. The topological polar surface area (TPSA) is 58.2 Å². The van der Waals surface area contributed by atoms with Gasteiger partial charge in [0.2, 0.25) is 10.0 Å². The van der Waals surface area contributed by atoms with Gasteiger partial charge in [0, 0.05) is 11.7 Å². The van der Waals surface area contributed by atoms with Crippen LogP contribution in [0.4, 0.5) is 5.69 Å². The van der Waals surface area contributed by atoms with Crippen molar-refractivity contribution >= 4 is 21.8 Å². The van der Waals surface area contributed by atoms with Crippen LogP contribution in [0.15, 0.2) is 30.3 Å². The molecule has 2 N–H and O–H groups in total. The number of hydrogen-bond acceptors (Lipinski definition) is 3. The summed E-state index contributed by atoms with van der Waals surface area (Å²) >= 11 is 0. The Morgan fingerprint density at radius 3 is 2.64 bits per heavy atom. The lowest BCUT2D eigenvalue weighted by molar-refractivity contribution is 0.449. The number of sulfonamides is 1. The van der Waals surface area contributed by atoms with Gasteiger partial charge in [0.15, 0.2) is 0 Å². The van der Waals surface area contributed by atoms with Crippen molar-refractivity contribution < 1.29 is 8.42 Å². The van der Waals surface area contributed by atoms with Crippen molar-refractivity contribution in [1.82, 2.24) is 5.32 Å². The van der Waals surface area contributed by atoms with E-state index in [1.54, 1.807) is 6.07 Å². The Kier molecular flexibility index (Phi) is 10.5. The first kappa shape index (κ1) is 21.7. The Hall–Kier alpha value is -1.33. The van der Waals surface area contributed by atoms with Crippen molar-refractivity contribution in [2.24, 2.45) is 0 Å². The zero-order chi connectivity index (χ0) is 18.5. The Morgan fingerprint density at radius 1 is 1.16 bits per heavy atom. The first-order valence-electron chi connectivity index (χ1n) is 9.42. The van der Waals surface area contributed by atoms with Gasteiger partial charge in [-0.05, 0) is 43.5 Å². The largest absolute Gasteiger partial charge is 0.314 e. The van der Waals surface area contributed by atoms with Crippen LogP contribution in [0.1, 0.15) is 64.4 Å². The molecule has 0 saturated heterocycles. The van der Waals surface area contributed by atoms with Gasteiger partial charge < -0.3 is 5.32 Å². The van der Waals surface area contributed by atoms with Crippen LogP contribution in [-0.4, -0.2) is 27.3 Å². The summed E-state index contributed by atoms with van der Waals surface area (Å²) in [5.74, 6) is 0. The van der Waals surface area contributed by atoms with Gasteiger partial charge in [0.1, 0.15) is 0 Å². The van der Waals surface area contributed by atoms with Crippen molar-refractivity contribution in [3.63, 3.8) is 0 Å². The maximum atomic E-state index is 11.3. The zero-order valence-corrected chi connectivity index (χ0v) is 16.7. The van der Waals surface area contributed by atoms with Crippen LogP contribution in [0, 0.1) is 0 Å². The predicted molar refractivity (Wildman–Crippen MR) is 109 cm³/mol. The molecule has 0 aromatic heterocycles. The van der Waals surface area contributed by atoms with E-state index in [0.717, 1.165) is 24.8 Å². The minimum absolute atomic E-state index is 0.598. The molecule has 0 aliphatic heterocycles. The van der Waals surface area contributed by atoms with E-state index in [-0.39, 0.29) is 0 Å². The summed E-state index contributed by atoms with van der Waals surface area (Å²) in [4.78, 5) is 0. The predicted octanol–water partition coefficient (Wildman–Crippen LogP) is 4.80. The molecular weight excluding hydrogens is 332 g/mol. The van der Waals surface area contributed by atoms with Crippen LogP contribution < -0.4 is 10.0 Å². The molecule has 1 aromatic carbocycles. The van der Waals surface area contributed by atoms with Gasteiger partial charge in [0.25, 0.3) is 0 Å². The minimum atomic E-state index is -3.23. The van der Waals surface area contributed by atoms with E-state index in [4.69, 9.17) is 0 Å². The molecule has 0 radical (unpaired) electrons. The quantitative estimate of drug-likeness (QED) is 0.493. The van der Waals surface area contributed by atoms with E-state index >= 15 is 0 Å². The summed E-state index contributed by atoms with van der Waals surface area (Å²) in [7, 11) is -3.23. The third-order valence-corrected chi connectivity index (χ3v) is 4.75. The van der Waals surface area contributed by atoms with E-state index in [9.17, 15) is 8.42 Å². The number of benzene rings is 1. The summed E-state index contributed by atoms with van der Waals surface area (Å²) in [6.45, 7) is 5.46. The molecule has 0 saturated carbocycles. The molecule has 142 valence electrons. The molecular formula is C20H34N2O2S. The fourth-order valence-electron chi connectivity index (χ4n) is 2.78. The van der Waals surface area contributed by atoms with Crippen molar-refractivity contribution in [3.05, 3.63) is 35.9 Å². The number of unbranched alkanes of at least 4 members (excludes halogenated alkanes) is 3. The van der Waals surface area contributed by atoms with Gasteiger partial charge in [-0.1, -0.05) is 63.8 Å². The van der Waals surface area contributed by atoms with Gasteiger partial charge in [-0.2, -0.15) is 0 Å². The maximum Gasteiger partial charge on any atom is 0.229 e. The summed E-state index contributed by atoms with van der Waals surface area (Å²) in [5.41, 5.74) is 1.60. The molecule has 0 aliphatic carbocycles. The van der Waals surface area contributed by atoms with Gasteiger partial charge in [-0.3, -0.25) is 4.72 Å². The maximum absolute atomic E-state index is 11.3. The molecule has 0 aliphatic rings. The highest BCUT2D eigenvalue weighted by Gasteiger charge is 2.04. The standard InChI is InChI=1S/C20H34N2O2S/c1-4-6-7-8-14-19(5-2)21-16-10-9-12-18-13-11-15-20(17-18)22-25(3,23)24/h9,11-13,15,17,19,21-22H,4-8,10,14,16H2,1-3H3. The van der Waals surface area contributed by atoms with Crippen LogP contribution in [0.25, 0.3) is 6.08 Å². The van der Waals surface area contributed by atoms with Gasteiger partial charge in [-0.15, -0.1) is 0 Å². The van der Waals surface area contributed by atoms with Crippen molar-refractivity contribution in [2.45, 2.75) is 64.8 Å². The van der Waals surface area contributed by atoms with E-state index in [2.05, 4.69) is 30.0 Å². The summed E-state index contributed by atoms with van der Waals surface area (Å²) in [6.07, 6.45) is 14.0. The highest BCUT2D eigenvalue weighted by Crippen LogP contribution is 2.13. The monoisotopic (exact) mass is 366 g/mol. The minimum Gasteiger partial charge on any atom is -0.314 e. The molecule has 4 nitrogen and oxygen atoms in total. The van der Waals surface area contributed by atoms with Gasteiger partial charge in [0.05, 0.1) is 6.26 Å². The summed E-state index contributed by atoms with van der Waals surface area (Å²) in [6, 6.07) is 8.04. The van der Waals surface area contributed by atoms with Crippen LogP contribution in [0.5, 0.6) is 0 Å². The lowest BCUT2D eigenvalue weighted by Crippen LogP contribution is -2.29. The normalized spacial score (nSPS) is 13.2. The highest BCUT2D eigenvalue weighted by molar-refractivity contribution is 7.92. The molecule has 0 amide bonds. The average Bonchev–Trinajstić information content (AvgIpc) is 2.55. The second kappa shape index (κ2) is 12.1. The highest BCUT2D eigenvalue weighted by atomic mass is 32.2. The van der Waals surface area contributed by atoms with E-state index < -0.39 is 10.0 Å². The molecule has 0 fully saturated rings. The molecule has 0 bridgehead atoms. The number of hydrogen-bond donors (Lipinski definition) is 2. The SMILES string of the molecule is CCCCCCC(CC)NCCC=Cc1cccc(NS(C)(=O)=O)c1. The molecule has 5 heteroatoms. The van der Waals surface area contributed by atoms with Gasteiger partial charge in [-0.25, -0.2) is 8.42 Å². The van der Waals surface area contributed by atoms with Crippen molar-refractivity contribution in [3.8, 4) is 0 Å². The van der Waals surface area contributed by atoms with E-state index in [1.807, 2.05) is 24.3 Å². The van der Waals surface area contributed by atoms with Crippen molar-refractivity contribution in [1.29, 1.82) is 0 Å².